The molecule has 3 rings (SSSR count). The molecule has 2 amide bonds. The van der Waals surface area contributed by atoms with Crippen LogP contribution in [0, 0.1) is 20.8 Å². The zero-order chi connectivity index (χ0) is 21.3. The van der Waals surface area contributed by atoms with Crippen LogP contribution in [0.4, 0.5) is 5.00 Å². The Hall–Kier alpha value is -2.23. The molecule has 9 heteroatoms. The molecule has 1 aromatic carbocycles. The van der Waals surface area contributed by atoms with Gasteiger partial charge in [-0.2, -0.15) is 4.31 Å². The van der Waals surface area contributed by atoms with E-state index in [1.54, 1.807) is 19.9 Å². The molecule has 0 atom stereocenters. The summed E-state index contributed by atoms with van der Waals surface area (Å²) in [6.07, 6.45) is 2.70. The number of nitrogens with zero attached hydrogens (tertiary/aromatic N) is 1. The molecule has 156 valence electrons. The van der Waals surface area contributed by atoms with Gasteiger partial charge in [0.15, 0.2) is 0 Å². The van der Waals surface area contributed by atoms with E-state index in [9.17, 15) is 18.0 Å². The van der Waals surface area contributed by atoms with Crippen molar-refractivity contribution < 1.29 is 18.0 Å². The first-order chi connectivity index (χ1) is 13.6. The smallest absolute Gasteiger partial charge is 0.256 e. The Balaban J connectivity index is 1.94. The fourth-order valence-corrected chi connectivity index (χ4v) is 6.05. The number of sulfonamides is 1. The van der Waals surface area contributed by atoms with Gasteiger partial charge in [0.2, 0.25) is 10.0 Å². The van der Waals surface area contributed by atoms with Gasteiger partial charge in [-0.1, -0.05) is 12.5 Å². The third-order valence-electron chi connectivity index (χ3n) is 5.27. The summed E-state index contributed by atoms with van der Waals surface area (Å²) in [6, 6.07) is 4.57. The molecular weight excluding hydrogens is 410 g/mol. The summed E-state index contributed by atoms with van der Waals surface area (Å²) in [5, 5.41) is 3.12. The van der Waals surface area contributed by atoms with Gasteiger partial charge in [0, 0.05) is 23.5 Å². The molecule has 0 radical (unpaired) electrons. The first-order valence-electron chi connectivity index (χ1n) is 9.45. The van der Waals surface area contributed by atoms with Crippen LogP contribution in [0.3, 0.4) is 0 Å². The number of carbonyl (C=O) groups is 2. The van der Waals surface area contributed by atoms with E-state index >= 15 is 0 Å². The van der Waals surface area contributed by atoms with Gasteiger partial charge in [-0.05, 0) is 56.9 Å². The maximum absolute atomic E-state index is 13.0. The van der Waals surface area contributed by atoms with Crippen molar-refractivity contribution in [2.24, 2.45) is 5.73 Å². The molecule has 0 bridgehead atoms. The number of hydrogen-bond acceptors (Lipinski definition) is 5. The standard InChI is InChI=1S/C20H25N3O4S2/c1-12-7-8-15(29(26,27)23-9-5-4-6-10-23)11-16(12)19(25)22-20-17(18(21)24)13(2)14(3)28-20/h7-8,11H,4-6,9-10H2,1-3H3,(H2,21,24)(H,22,25). The lowest BCUT2D eigenvalue weighted by atomic mass is 10.1. The molecule has 7 nitrogen and oxygen atoms in total. The Bertz CT molecular complexity index is 1070. The molecule has 0 aliphatic carbocycles. The maximum atomic E-state index is 13.0. The lowest BCUT2D eigenvalue weighted by Crippen LogP contribution is -2.35. The van der Waals surface area contributed by atoms with Gasteiger partial charge < -0.3 is 11.1 Å². The summed E-state index contributed by atoms with van der Waals surface area (Å²) in [5.41, 5.74) is 7.38. The van der Waals surface area contributed by atoms with Crippen molar-refractivity contribution >= 4 is 38.2 Å². The zero-order valence-electron chi connectivity index (χ0n) is 16.7. The molecule has 3 N–H and O–H groups in total. The van der Waals surface area contributed by atoms with Crippen molar-refractivity contribution in [3.05, 3.63) is 45.3 Å². The quantitative estimate of drug-likeness (QED) is 0.751. The summed E-state index contributed by atoms with van der Waals surface area (Å²) in [7, 11) is -3.65. The SMILES string of the molecule is Cc1ccc(S(=O)(=O)N2CCCCC2)cc1C(=O)Nc1sc(C)c(C)c1C(N)=O. The molecule has 1 aliphatic rings. The van der Waals surface area contributed by atoms with Crippen molar-refractivity contribution in [3.8, 4) is 0 Å². The molecule has 0 unspecified atom stereocenters. The largest absolute Gasteiger partial charge is 0.365 e. The van der Waals surface area contributed by atoms with Crippen LogP contribution in [0.25, 0.3) is 0 Å². The number of nitrogens with two attached hydrogens (primary N) is 1. The molecule has 1 fully saturated rings. The fraction of sp³-hybridized carbons (Fsp3) is 0.400. The molecule has 2 heterocycles. The number of nitrogens with one attached hydrogen (secondary N) is 1. The minimum atomic E-state index is -3.65. The number of thiophene rings is 1. The highest BCUT2D eigenvalue weighted by molar-refractivity contribution is 7.89. The number of primary amides is 1. The Labute approximate surface area is 175 Å². The predicted molar refractivity (Wildman–Crippen MR) is 114 cm³/mol. The number of amides is 2. The zero-order valence-corrected chi connectivity index (χ0v) is 18.4. The third kappa shape index (κ3) is 4.22. The third-order valence-corrected chi connectivity index (χ3v) is 8.28. The van der Waals surface area contributed by atoms with E-state index in [2.05, 4.69) is 5.32 Å². The molecular formula is C20H25N3O4S2. The number of piperidine rings is 1. The van der Waals surface area contributed by atoms with Gasteiger partial charge in [-0.15, -0.1) is 11.3 Å². The van der Waals surface area contributed by atoms with Crippen LogP contribution in [-0.2, 0) is 10.0 Å². The molecule has 1 aromatic heterocycles. The fourth-order valence-electron chi connectivity index (χ4n) is 3.44. The number of hydrogen-bond donors (Lipinski definition) is 2. The van der Waals surface area contributed by atoms with Gasteiger partial charge in [0.1, 0.15) is 5.00 Å². The highest BCUT2D eigenvalue weighted by atomic mass is 32.2. The predicted octanol–water partition coefficient (Wildman–Crippen LogP) is 3.20. The number of aryl methyl sites for hydroxylation is 2. The van der Waals surface area contributed by atoms with Crippen LogP contribution in [0.5, 0.6) is 0 Å². The molecule has 0 spiro atoms. The number of benzene rings is 1. The summed E-state index contributed by atoms with van der Waals surface area (Å²) in [5.74, 6) is -1.08. The van der Waals surface area contributed by atoms with Crippen LogP contribution < -0.4 is 11.1 Å². The Kier molecular flexibility index (Phi) is 6.11. The molecule has 1 aliphatic heterocycles. The summed E-state index contributed by atoms with van der Waals surface area (Å²) < 4.78 is 27.4. The lowest BCUT2D eigenvalue weighted by molar-refractivity contribution is 0.100. The molecule has 2 aromatic rings. The minimum absolute atomic E-state index is 0.101. The number of anilines is 1. The topological polar surface area (TPSA) is 110 Å². The van der Waals surface area contributed by atoms with Gasteiger partial charge in [0.05, 0.1) is 10.5 Å². The number of carbonyl (C=O) groups excluding carboxylic acids is 2. The van der Waals surface area contributed by atoms with Gasteiger partial charge >= 0.3 is 0 Å². The molecule has 0 saturated carbocycles. The Morgan fingerprint density at radius 2 is 1.76 bits per heavy atom. The van der Waals surface area contributed by atoms with Crippen molar-refractivity contribution in [1.29, 1.82) is 0 Å². The summed E-state index contributed by atoms with van der Waals surface area (Å²) >= 11 is 1.27. The maximum Gasteiger partial charge on any atom is 0.256 e. The average molecular weight is 436 g/mol. The minimum Gasteiger partial charge on any atom is -0.365 e. The van der Waals surface area contributed by atoms with Crippen LogP contribution in [0.2, 0.25) is 0 Å². The van der Waals surface area contributed by atoms with Gasteiger partial charge in [0.25, 0.3) is 11.8 Å². The highest BCUT2D eigenvalue weighted by Crippen LogP contribution is 2.33. The van der Waals surface area contributed by atoms with Crippen molar-refractivity contribution in [1.82, 2.24) is 4.31 Å². The van der Waals surface area contributed by atoms with Crippen molar-refractivity contribution in [2.45, 2.75) is 44.9 Å². The average Bonchev–Trinajstić information content (AvgIpc) is 2.96. The van der Waals surface area contributed by atoms with Crippen LogP contribution >= 0.6 is 11.3 Å². The summed E-state index contributed by atoms with van der Waals surface area (Å²) in [6.45, 7) is 6.35. The van der Waals surface area contributed by atoms with E-state index in [1.165, 1.54) is 27.8 Å². The Morgan fingerprint density at radius 3 is 2.38 bits per heavy atom. The van der Waals surface area contributed by atoms with E-state index in [-0.39, 0.29) is 16.0 Å². The second kappa shape index (κ2) is 8.25. The molecule has 1 saturated heterocycles. The second-order valence-electron chi connectivity index (χ2n) is 7.25. The first-order valence-corrected chi connectivity index (χ1v) is 11.7. The normalized spacial score (nSPS) is 15.3. The second-order valence-corrected chi connectivity index (χ2v) is 10.4. The Morgan fingerprint density at radius 1 is 1.10 bits per heavy atom. The summed E-state index contributed by atoms with van der Waals surface area (Å²) in [4.78, 5) is 25.7. The van der Waals surface area contributed by atoms with E-state index in [1.807, 2.05) is 6.92 Å². The van der Waals surface area contributed by atoms with Crippen molar-refractivity contribution in [2.75, 3.05) is 18.4 Å². The highest BCUT2D eigenvalue weighted by Gasteiger charge is 2.27. The number of rotatable bonds is 5. The van der Waals surface area contributed by atoms with E-state index < -0.39 is 21.8 Å². The van der Waals surface area contributed by atoms with Crippen LogP contribution in [-0.4, -0.2) is 37.6 Å². The first kappa shape index (κ1) is 21.5. The molecule has 29 heavy (non-hydrogen) atoms. The van der Waals surface area contributed by atoms with E-state index in [0.717, 1.165) is 29.7 Å². The lowest BCUT2D eigenvalue weighted by Gasteiger charge is -2.26. The van der Waals surface area contributed by atoms with Crippen LogP contribution in [0.15, 0.2) is 23.1 Å². The van der Waals surface area contributed by atoms with Gasteiger partial charge in [-0.25, -0.2) is 8.42 Å². The van der Waals surface area contributed by atoms with Crippen molar-refractivity contribution in [3.63, 3.8) is 0 Å². The van der Waals surface area contributed by atoms with E-state index in [4.69, 9.17) is 5.73 Å². The van der Waals surface area contributed by atoms with Crippen LogP contribution in [0.1, 0.15) is 56.0 Å². The monoisotopic (exact) mass is 435 g/mol. The van der Waals surface area contributed by atoms with Gasteiger partial charge in [-0.3, -0.25) is 9.59 Å². The van der Waals surface area contributed by atoms with E-state index in [0.29, 0.717) is 23.7 Å².